The molecule has 114 valence electrons. The Kier molecular flexibility index (Phi) is 5.38. The van der Waals surface area contributed by atoms with Crippen LogP contribution in [0.5, 0.6) is 0 Å². The zero-order valence-corrected chi connectivity index (χ0v) is 13.4. The van der Waals surface area contributed by atoms with E-state index in [1.54, 1.807) is 11.3 Å². The van der Waals surface area contributed by atoms with Gasteiger partial charge in [0, 0.05) is 18.8 Å². The quantitative estimate of drug-likeness (QED) is 0.821. The maximum absolute atomic E-state index is 10.9. The first-order valence-corrected chi connectivity index (χ1v) is 7.95. The number of carbonyl (C=O) groups excluding carboxylic acids is 1. The molecular formula is C15H21N3O2S. The molecule has 0 aliphatic carbocycles. The number of aromatic nitrogens is 1. The third-order valence-corrected chi connectivity index (χ3v) is 3.73. The highest BCUT2D eigenvalue weighted by Crippen LogP contribution is 2.26. The smallest absolute Gasteiger partial charge is 0.217 e. The van der Waals surface area contributed by atoms with Crippen LogP contribution in [0.3, 0.4) is 0 Å². The van der Waals surface area contributed by atoms with Crippen molar-refractivity contribution in [3.63, 3.8) is 0 Å². The van der Waals surface area contributed by atoms with Crippen molar-refractivity contribution >= 4 is 22.4 Å². The van der Waals surface area contributed by atoms with Crippen molar-refractivity contribution in [3.8, 4) is 11.5 Å². The number of rotatable bonds is 7. The van der Waals surface area contributed by atoms with Gasteiger partial charge in [0.2, 0.25) is 5.91 Å². The van der Waals surface area contributed by atoms with Crippen LogP contribution in [-0.2, 0) is 11.3 Å². The Bertz CT molecular complexity index is 589. The van der Waals surface area contributed by atoms with Gasteiger partial charge in [0.25, 0.3) is 0 Å². The molecule has 1 amide bonds. The molecule has 21 heavy (non-hydrogen) atoms. The lowest BCUT2D eigenvalue weighted by atomic mass is 10.1. The third kappa shape index (κ3) is 4.90. The molecular weight excluding hydrogens is 286 g/mol. The fourth-order valence-corrected chi connectivity index (χ4v) is 2.49. The molecule has 0 aliphatic heterocycles. The van der Waals surface area contributed by atoms with Crippen LogP contribution < -0.4 is 10.6 Å². The number of nitrogens with zero attached hydrogens (tertiary/aromatic N) is 1. The van der Waals surface area contributed by atoms with Crippen molar-refractivity contribution in [1.82, 2.24) is 10.3 Å². The lowest BCUT2D eigenvalue weighted by molar-refractivity contribution is -0.119. The van der Waals surface area contributed by atoms with Crippen molar-refractivity contribution in [3.05, 3.63) is 23.3 Å². The molecule has 0 bridgehead atoms. The maximum Gasteiger partial charge on any atom is 0.217 e. The maximum atomic E-state index is 10.9. The van der Waals surface area contributed by atoms with Crippen molar-refractivity contribution < 1.29 is 9.21 Å². The Labute approximate surface area is 128 Å². The van der Waals surface area contributed by atoms with Gasteiger partial charge >= 0.3 is 0 Å². The lowest BCUT2D eigenvalue weighted by Gasteiger charge is -2.04. The van der Waals surface area contributed by atoms with Gasteiger partial charge in [-0.25, -0.2) is 4.98 Å². The first kappa shape index (κ1) is 15.6. The minimum atomic E-state index is -0.0711. The van der Waals surface area contributed by atoms with Crippen LogP contribution in [0.15, 0.2) is 21.9 Å². The molecule has 0 saturated carbocycles. The predicted molar refractivity (Wildman–Crippen MR) is 85.3 cm³/mol. The molecule has 0 saturated heterocycles. The molecule has 2 N–H and O–H groups in total. The fraction of sp³-hybridized carbons (Fsp3) is 0.467. The average Bonchev–Trinajstić information content (AvgIpc) is 3.04. The summed E-state index contributed by atoms with van der Waals surface area (Å²) >= 11 is 1.57. The molecule has 2 rings (SSSR count). The summed E-state index contributed by atoms with van der Waals surface area (Å²) < 4.78 is 5.68. The van der Waals surface area contributed by atoms with Gasteiger partial charge in [0.15, 0.2) is 10.9 Å². The van der Waals surface area contributed by atoms with Gasteiger partial charge in [0.1, 0.15) is 11.5 Å². The minimum absolute atomic E-state index is 0.0711. The third-order valence-electron chi connectivity index (χ3n) is 2.93. The van der Waals surface area contributed by atoms with E-state index in [4.69, 9.17) is 4.42 Å². The number of thiazole rings is 1. The summed E-state index contributed by atoms with van der Waals surface area (Å²) in [6, 6.07) is 3.74. The summed E-state index contributed by atoms with van der Waals surface area (Å²) in [7, 11) is 0. The molecule has 0 aromatic carbocycles. The number of carbonyl (C=O) groups is 1. The zero-order chi connectivity index (χ0) is 15.2. The Morgan fingerprint density at radius 1 is 1.43 bits per heavy atom. The molecule has 2 aromatic rings. The van der Waals surface area contributed by atoms with Crippen molar-refractivity contribution in [2.24, 2.45) is 5.92 Å². The standard InChI is InChI=1S/C15H21N3O2S/c1-10(2)6-7-16-15-18-13(9-21-15)14-5-4-12(20-14)8-17-11(3)19/h4-5,9-10H,6-8H2,1-3H3,(H,16,18)(H,17,19). The number of furan rings is 1. The number of anilines is 1. The van der Waals surface area contributed by atoms with E-state index in [2.05, 4.69) is 29.5 Å². The highest BCUT2D eigenvalue weighted by atomic mass is 32.1. The van der Waals surface area contributed by atoms with Crippen LogP contribution in [0.1, 0.15) is 33.0 Å². The molecule has 2 aromatic heterocycles. The Morgan fingerprint density at radius 2 is 2.24 bits per heavy atom. The second-order valence-corrected chi connectivity index (χ2v) is 6.18. The molecule has 2 heterocycles. The SMILES string of the molecule is CC(=O)NCc1ccc(-c2csc(NCCC(C)C)n2)o1. The van der Waals surface area contributed by atoms with Crippen LogP contribution in [0, 0.1) is 5.92 Å². The van der Waals surface area contributed by atoms with E-state index in [0.29, 0.717) is 12.5 Å². The summed E-state index contributed by atoms with van der Waals surface area (Å²) in [4.78, 5) is 15.4. The first-order chi connectivity index (χ1) is 10.0. The van der Waals surface area contributed by atoms with E-state index >= 15 is 0 Å². The highest BCUT2D eigenvalue weighted by Gasteiger charge is 2.09. The Hall–Kier alpha value is -1.82. The van der Waals surface area contributed by atoms with Gasteiger partial charge in [-0.2, -0.15) is 0 Å². The van der Waals surface area contributed by atoms with Gasteiger partial charge < -0.3 is 15.1 Å². The Morgan fingerprint density at radius 3 is 2.95 bits per heavy atom. The fourth-order valence-electron chi connectivity index (χ4n) is 1.76. The topological polar surface area (TPSA) is 67.2 Å². The molecule has 0 spiro atoms. The summed E-state index contributed by atoms with van der Waals surface area (Å²) in [5.74, 6) is 2.06. The highest BCUT2D eigenvalue weighted by molar-refractivity contribution is 7.14. The Balaban J connectivity index is 1.93. The molecule has 0 fully saturated rings. The monoisotopic (exact) mass is 307 g/mol. The van der Waals surface area contributed by atoms with Gasteiger partial charge in [0.05, 0.1) is 6.54 Å². The molecule has 0 unspecified atom stereocenters. The van der Waals surface area contributed by atoms with Crippen LogP contribution in [-0.4, -0.2) is 17.4 Å². The number of hydrogen-bond acceptors (Lipinski definition) is 5. The molecule has 5 nitrogen and oxygen atoms in total. The van der Waals surface area contributed by atoms with Crippen molar-refractivity contribution in [1.29, 1.82) is 0 Å². The van der Waals surface area contributed by atoms with E-state index in [0.717, 1.165) is 35.3 Å². The molecule has 0 radical (unpaired) electrons. The van der Waals surface area contributed by atoms with Gasteiger partial charge in [-0.1, -0.05) is 13.8 Å². The molecule has 6 heteroatoms. The summed E-state index contributed by atoms with van der Waals surface area (Å²) in [5, 5.41) is 8.91. The summed E-state index contributed by atoms with van der Waals surface area (Å²) in [6.07, 6.45) is 1.12. The zero-order valence-electron chi connectivity index (χ0n) is 12.6. The lowest BCUT2D eigenvalue weighted by Crippen LogP contribution is -2.18. The van der Waals surface area contributed by atoms with E-state index in [1.807, 2.05) is 17.5 Å². The second-order valence-electron chi connectivity index (χ2n) is 5.32. The summed E-state index contributed by atoms with van der Waals surface area (Å²) in [6.45, 7) is 7.22. The molecule has 0 aliphatic rings. The van der Waals surface area contributed by atoms with Crippen LogP contribution >= 0.6 is 11.3 Å². The van der Waals surface area contributed by atoms with Crippen molar-refractivity contribution in [2.45, 2.75) is 33.7 Å². The second kappa shape index (κ2) is 7.26. The van der Waals surface area contributed by atoms with Gasteiger partial charge in [-0.05, 0) is 24.5 Å². The van der Waals surface area contributed by atoms with Crippen LogP contribution in [0.2, 0.25) is 0 Å². The number of hydrogen-bond donors (Lipinski definition) is 2. The normalized spacial score (nSPS) is 10.9. The first-order valence-electron chi connectivity index (χ1n) is 7.07. The predicted octanol–water partition coefficient (Wildman–Crippen LogP) is 3.50. The van der Waals surface area contributed by atoms with E-state index in [-0.39, 0.29) is 5.91 Å². The van der Waals surface area contributed by atoms with Crippen LogP contribution in [0.4, 0.5) is 5.13 Å². The largest absolute Gasteiger partial charge is 0.458 e. The van der Waals surface area contributed by atoms with Gasteiger partial charge in [-0.15, -0.1) is 11.3 Å². The van der Waals surface area contributed by atoms with E-state index in [9.17, 15) is 4.79 Å². The van der Waals surface area contributed by atoms with E-state index < -0.39 is 0 Å². The number of amides is 1. The van der Waals surface area contributed by atoms with E-state index in [1.165, 1.54) is 6.92 Å². The van der Waals surface area contributed by atoms with Crippen molar-refractivity contribution in [2.75, 3.05) is 11.9 Å². The van der Waals surface area contributed by atoms with Crippen LogP contribution in [0.25, 0.3) is 11.5 Å². The summed E-state index contributed by atoms with van der Waals surface area (Å²) in [5.41, 5.74) is 0.820. The average molecular weight is 307 g/mol. The number of nitrogens with one attached hydrogen (secondary N) is 2. The molecule has 0 atom stereocenters. The van der Waals surface area contributed by atoms with Gasteiger partial charge in [-0.3, -0.25) is 4.79 Å². The minimum Gasteiger partial charge on any atom is -0.458 e.